The fourth-order valence-electron chi connectivity index (χ4n) is 3.82. The molecule has 0 atom stereocenters. The van der Waals surface area contributed by atoms with Crippen LogP contribution in [0.3, 0.4) is 0 Å². The Kier molecular flexibility index (Phi) is 6.61. The van der Waals surface area contributed by atoms with Crippen molar-refractivity contribution in [2.24, 2.45) is 0 Å². The van der Waals surface area contributed by atoms with E-state index in [0.29, 0.717) is 35.6 Å². The highest BCUT2D eigenvalue weighted by atomic mass is 19.2. The maximum atomic E-state index is 14.6. The number of likely N-dealkylation sites (N-methyl/N-ethyl adjacent to an activating group) is 2. The maximum absolute atomic E-state index is 14.6. The zero-order valence-corrected chi connectivity index (χ0v) is 19.5. The van der Waals surface area contributed by atoms with Gasteiger partial charge in [0, 0.05) is 54.6 Å². The summed E-state index contributed by atoms with van der Waals surface area (Å²) < 4.78 is 34.7. The van der Waals surface area contributed by atoms with Crippen LogP contribution in [0.4, 0.5) is 8.78 Å². The van der Waals surface area contributed by atoms with Gasteiger partial charge in [-0.25, -0.2) is 13.8 Å². The van der Waals surface area contributed by atoms with Crippen molar-refractivity contribution in [3.63, 3.8) is 0 Å². The summed E-state index contributed by atoms with van der Waals surface area (Å²) in [6, 6.07) is 11.9. The van der Waals surface area contributed by atoms with Gasteiger partial charge in [0.05, 0.1) is 12.7 Å². The number of H-pyrrole nitrogens is 1. The minimum atomic E-state index is -1.16. The highest BCUT2D eigenvalue weighted by molar-refractivity contribution is 5.98. The molecule has 0 bridgehead atoms. The van der Waals surface area contributed by atoms with E-state index in [9.17, 15) is 13.6 Å². The number of rotatable bonds is 7. The van der Waals surface area contributed by atoms with Crippen molar-refractivity contribution in [3.05, 3.63) is 72.1 Å². The van der Waals surface area contributed by atoms with Crippen molar-refractivity contribution >= 4 is 16.9 Å². The van der Waals surface area contributed by atoms with Gasteiger partial charge in [0.1, 0.15) is 11.4 Å². The minimum Gasteiger partial charge on any atom is -0.496 e. The van der Waals surface area contributed by atoms with Gasteiger partial charge in [0.2, 0.25) is 0 Å². The first-order valence-electron chi connectivity index (χ1n) is 10.8. The molecule has 0 saturated heterocycles. The molecule has 34 heavy (non-hydrogen) atoms. The number of nitrogens with one attached hydrogen (secondary N) is 1. The Morgan fingerprint density at radius 3 is 2.53 bits per heavy atom. The molecule has 2 heterocycles. The van der Waals surface area contributed by atoms with E-state index in [1.807, 2.05) is 55.5 Å². The Bertz CT molecular complexity index is 1350. The Morgan fingerprint density at radius 2 is 1.79 bits per heavy atom. The summed E-state index contributed by atoms with van der Waals surface area (Å²) in [6.45, 7) is 0.988. The quantitative estimate of drug-likeness (QED) is 0.426. The topological polar surface area (TPSA) is 61.5 Å². The predicted octanol–water partition coefficient (Wildman–Crippen LogP) is 4.82. The zero-order chi connectivity index (χ0) is 24.4. The number of nitrogens with zero attached hydrogens (tertiary/aromatic N) is 3. The summed E-state index contributed by atoms with van der Waals surface area (Å²) in [6.07, 6.45) is 3.40. The van der Waals surface area contributed by atoms with Gasteiger partial charge in [0.15, 0.2) is 11.6 Å². The summed E-state index contributed by atoms with van der Waals surface area (Å²) >= 11 is 0. The van der Waals surface area contributed by atoms with Crippen molar-refractivity contribution in [2.75, 3.05) is 41.3 Å². The molecule has 2 aromatic heterocycles. The van der Waals surface area contributed by atoms with Crippen LogP contribution in [0.25, 0.3) is 33.3 Å². The number of para-hydroxylation sites is 1. The fourth-order valence-corrected chi connectivity index (χ4v) is 3.82. The Balaban J connectivity index is 1.77. The van der Waals surface area contributed by atoms with Gasteiger partial charge >= 0.3 is 0 Å². The molecule has 0 spiro atoms. The molecular weight excluding hydrogens is 438 g/mol. The van der Waals surface area contributed by atoms with Crippen LogP contribution in [0.1, 0.15) is 10.4 Å². The highest BCUT2D eigenvalue weighted by Gasteiger charge is 2.21. The molecule has 0 unspecified atom stereocenters. The number of hydrogen-bond donors (Lipinski definition) is 1. The number of halogens is 2. The number of aromatic nitrogens is 2. The molecule has 0 radical (unpaired) electrons. The Morgan fingerprint density at radius 1 is 1.03 bits per heavy atom. The second-order valence-corrected chi connectivity index (χ2v) is 8.37. The summed E-state index contributed by atoms with van der Waals surface area (Å²) in [4.78, 5) is 23.8. The van der Waals surface area contributed by atoms with E-state index in [4.69, 9.17) is 4.74 Å². The molecule has 4 rings (SSSR count). The summed E-state index contributed by atoms with van der Waals surface area (Å²) in [5.41, 5.74) is 3.00. The molecule has 2 aromatic carbocycles. The SMILES string of the molecule is COc1ccccc1-c1c[nH]c2ncc(-c3cc(F)c(F)c(C(=O)N(C)CCN(C)C)c3)cc12. The molecule has 0 fully saturated rings. The van der Waals surface area contributed by atoms with Crippen LogP contribution in [0.15, 0.2) is 54.9 Å². The van der Waals surface area contributed by atoms with E-state index in [1.54, 1.807) is 20.4 Å². The third-order valence-corrected chi connectivity index (χ3v) is 5.75. The van der Waals surface area contributed by atoms with Crippen molar-refractivity contribution < 1.29 is 18.3 Å². The second kappa shape index (κ2) is 9.61. The van der Waals surface area contributed by atoms with E-state index < -0.39 is 17.5 Å². The Hall–Kier alpha value is -3.78. The number of ether oxygens (including phenoxy) is 1. The Labute approximate surface area is 196 Å². The number of methoxy groups -OCH3 is 1. The van der Waals surface area contributed by atoms with Gasteiger partial charge in [-0.1, -0.05) is 18.2 Å². The summed E-state index contributed by atoms with van der Waals surface area (Å²) in [5, 5.41) is 0.794. The smallest absolute Gasteiger partial charge is 0.256 e. The molecule has 4 aromatic rings. The van der Waals surface area contributed by atoms with Crippen LogP contribution in [0.5, 0.6) is 5.75 Å². The number of amides is 1. The molecule has 1 N–H and O–H groups in total. The van der Waals surface area contributed by atoms with Crippen molar-refractivity contribution in [1.82, 2.24) is 19.8 Å². The average Bonchev–Trinajstić information content (AvgIpc) is 3.26. The maximum Gasteiger partial charge on any atom is 0.256 e. The third kappa shape index (κ3) is 4.49. The van der Waals surface area contributed by atoms with Crippen LogP contribution < -0.4 is 4.74 Å². The number of aromatic amines is 1. The second-order valence-electron chi connectivity index (χ2n) is 8.37. The van der Waals surface area contributed by atoms with E-state index >= 15 is 0 Å². The van der Waals surface area contributed by atoms with Gasteiger partial charge in [-0.05, 0) is 43.9 Å². The lowest BCUT2D eigenvalue weighted by Crippen LogP contribution is -2.34. The number of fused-ring (bicyclic) bond motifs is 1. The van der Waals surface area contributed by atoms with Crippen LogP contribution in [-0.2, 0) is 0 Å². The molecule has 1 amide bonds. The first-order chi connectivity index (χ1) is 16.3. The van der Waals surface area contributed by atoms with Crippen LogP contribution >= 0.6 is 0 Å². The minimum absolute atomic E-state index is 0.310. The fraction of sp³-hybridized carbons (Fsp3) is 0.231. The van der Waals surface area contributed by atoms with Crippen molar-refractivity contribution in [1.29, 1.82) is 0 Å². The lowest BCUT2D eigenvalue weighted by atomic mass is 10.00. The molecule has 0 aliphatic heterocycles. The van der Waals surface area contributed by atoms with Gasteiger partial charge in [-0.2, -0.15) is 0 Å². The number of pyridine rings is 1. The molecular formula is C26H26F2N4O2. The standard InChI is InChI=1S/C26H26F2N4O2/c1-31(2)9-10-32(3)26(33)20-11-16(13-22(27)24(20)28)17-12-19-21(15-30-25(19)29-14-17)18-7-5-6-8-23(18)34-4/h5-8,11-15H,9-10H2,1-4H3,(H,29,30). The molecule has 0 aliphatic carbocycles. The first kappa shape index (κ1) is 23.4. The average molecular weight is 465 g/mol. The normalized spacial score (nSPS) is 11.3. The molecule has 6 nitrogen and oxygen atoms in total. The molecule has 0 aliphatic rings. The number of carbonyl (C=O) groups is 1. The summed E-state index contributed by atoms with van der Waals surface area (Å²) in [5.74, 6) is -2.11. The van der Waals surface area contributed by atoms with E-state index in [1.165, 1.54) is 11.0 Å². The molecule has 0 saturated carbocycles. The monoisotopic (exact) mass is 464 g/mol. The lowest BCUT2D eigenvalue weighted by molar-refractivity contribution is 0.0780. The number of benzene rings is 2. The van der Waals surface area contributed by atoms with Gasteiger partial charge in [-0.15, -0.1) is 0 Å². The first-order valence-corrected chi connectivity index (χ1v) is 10.8. The molecule has 8 heteroatoms. The van der Waals surface area contributed by atoms with Crippen LogP contribution in [-0.4, -0.2) is 67.0 Å². The summed E-state index contributed by atoms with van der Waals surface area (Å²) in [7, 11) is 6.93. The number of carbonyl (C=O) groups excluding carboxylic acids is 1. The largest absolute Gasteiger partial charge is 0.496 e. The number of hydrogen-bond acceptors (Lipinski definition) is 4. The van der Waals surface area contributed by atoms with E-state index in [-0.39, 0.29) is 5.56 Å². The van der Waals surface area contributed by atoms with Gasteiger partial charge in [0.25, 0.3) is 5.91 Å². The van der Waals surface area contributed by atoms with Crippen LogP contribution in [0.2, 0.25) is 0 Å². The van der Waals surface area contributed by atoms with Crippen molar-refractivity contribution in [3.8, 4) is 28.0 Å². The van der Waals surface area contributed by atoms with E-state index in [0.717, 1.165) is 22.6 Å². The van der Waals surface area contributed by atoms with Gasteiger partial charge in [-0.3, -0.25) is 4.79 Å². The lowest BCUT2D eigenvalue weighted by Gasteiger charge is -2.20. The third-order valence-electron chi connectivity index (χ3n) is 5.75. The predicted molar refractivity (Wildman–Crippen MR) is 129 cm³/mol. The van der Waals surface area contributed by atoms with E-state index in [2.05, 4.69) is 9.97 Å². The highest BCUT2D eigenvalue weighted by Crippen LogP contribution is 2.36. The van der Waals surface area contributed by atoms with Gasteiger partial charge < -0.3 is 19.5 Å². The van der Waals surface area contributed by atoms with Crippen LogP contribution in [0, 0.1) is 11.6 Å². The molecule has 176 valence electrons. The van der Waals surface area contributed by atoms with Crippen molar-refractivity contribution in [2.45, 2.75) is 0 Å². The zero-order valence-electron chi connectivity index (χ0n) is 19.5.